The number of rotatable bonds is 3. The molecule has 0 heterocycles. The quantitative estimate of drug-likeness (QED) is 0.855. The van der Waals surface area contributed by atoms with Gasteiger partial charge >= 0.3 is 6.09 Å². The van der Waals surface area contributed by atoms with E-state index >= 15 is 0 Å². The average Bonchev–Trinajstić information content (AvgIpc) is 2.27. The lowest BCUT2D eigenvalue weighted by atomic mass is 10.3. The van der Waals surface area contributed by atoms with Crippen LogP contribution in [0.15, 0.2) is 39.9 Å². The van der Waals surface area contributed by atoms with E-state index in [1.165, 1.54) is 0 Å². The van der Waals surface area contributed by atoms with Crippen LogP contribution < -0.4 is 10.1 Å². The van der Waals surface area contributed by atoms with Crippen molar-refractivity contribution in [1.82, 2.24) is 5.32 Å². The highest BCUT2D eigenvalue weighted by molar-refractivity contribution is 7.98. The summed E-state index contributed by atoms with van der Waals surface area (Å²) in [5.41, 5.74) is 0. The molecule has 0 aliphatic heterocycles. The van der Waals surface area contributed by atoms with Gasteiger partial charge in [-0.3, -0.25) is 5.32 Å². The van der Waals surface area contributed by atoms with Crippen molar-refractivity contribution in [3.63, 3.8) is 0 Å². The monoisotopic (exact) mass is 277 g/mol. The first kappa shape index (κ1) is 13.2. The minimum absolute atomic E-state index is 0.0466. The number of ether oxygens (including phenoxy) is 1. The predicted octanol–water partition coefficient (Wildman–Crippen LogP) is 3.77. The van der Waals surface area contributed by atoms with Crippen LogP contribution >= 0.6 is 35.0 Å². The maximum Gasteiger partial charge on any atom is 0.416 e. The molecule has 1 aromatic rings. The summed E-state index contributed by atoms with van der Waals surface area (Å²) in [6, 6.07) is 7.13. The maximum absolute atomic E-state index is 11.2. The second kappa shape index (κ2) is 6.68. The van der Waals surface area contributed by atoms with Crippen LogP contribution in [0.4, 0.5) is 4.79 Å². The fourth-order valence-corrected chi connectivity index (χ4v) is 1.41. The molecule has 0 spiro atoms. The molecule has 1 aromatic carbocycles. The first-order valence-corrected chi connectivity index (χ1v) is 6.23. The Balaban J connectivity index is 2.53. The zero-order chi connectivity index (χ0) is 12.0. The maximum atomic E-state index is 11.2. The Labute approximate surface area is 108 Å². The van der Waals surface area contributed by atoms with Gasteiger partial charge in [0.1, 0.15) is 10.2 Å². The summed E-state index contributed by atoms with van der Waals surface area (Å²) in [6.07, 6.45) is 2.47. The van der Waals surface area contributed by atoms with Gasteiger partial charge in [-0.05, 0) is 30.5 Å². The molecule has 0 aliphatic rings. The summed E-state index contributed by atoms with van der Waals surface area (Å²) in [5.74, 6) is 0.453. The van der Waals surface area contributed by atoms with Gasteiger partial charge in [-0.25, -0.2) is 4.79 Å². The Morgan fingerprint density at radius 3 is 2.50 bits per heavy atom. The molecule has 0 atom stereocenters. The van der Waals surface area contributed by atoms with Crippen molar-refractivity contribution < 1.29 is 9.53 Å². The number of amides is 1. The molecule has 0 saturated carbocycles. The summed E-state index contributed by atoms with van der Waals surface area (Å²) < 4.78 is 4.90. The van der Waals surface area contributed by atoms with Crippen molar-refractivity contribution in [2.75, 3.05) is 6.26 Å². The van der Waals surface area contributed by atoms with Crippen LogP contribution in [0.25, 0.3) is 0 Å². The van der Waals surface area contributed by atoms with Gasteiger partial charge in [0, 0.05) is 11.1 Å². The smallest absolute Gasteiger partial charge is 0.410 e. The molecule has 0 fully saturated rings. The SMILES string of the molecule is CSc1ccc(OC(=O)NC=C(Cl)Cl)cc1. The Morgan fingerprint density at radius 1 is 1.38 bits per heavy atom. The Kier molecular flexibility index (Phi) is 5.52. The minimum Gasteiger partial charge on any atom is -0.410 e. The van der Waals surface area contributed by atoms with Crippen LogP contribution in [0.5, 0.6) is 5.75 Å². The van der Waals surface area contributed by atoms with E-state index in [1.807, 2.05) is 18.4 Å². The summed E-state index contributed by atoms with van der Waals surface area (Å²) >= 11 is 12.2. The third-order valence-electron chi connectivity index (χ3n) is 1.57. The molecule has 0 saturated heterocycles. The number of carbonyl (C=O) groups excluding carboxylic acids is 1. The number of carbonyl (C=O) groups is 1. The van der Waals surface area contributed by atoms with E-state index in [0.717, 1.165) is 11.1 Å². The number of nitrogens with one attached hydrogen (secondary N) is 1. The fraction of sp³-hybridized carbons (Fsp3) is 0.100. The van der Waals surface area contributed by atoms with Gasteiger partial charge in [0.25, 0.3) is 0 Å². The highest BCUT2D eigenvalue weighted by Crippen LogP contribution is 2.18. The summed E-state index contributed by atoms with van der Waals surface area (Å²) in [5, 5.41) is 2.27. The van der Waals surface area contributed by atoms with Crippen molar-refractivity contribution in [2.45, 2.75) is 4.90 Å². The number of benzene rings is 1. The van der Waals surface area contributed by atoms with Gasteiger partial charge in [0.15, 0.2) is 0 Å². The molecule has 1 N–H and O–H groups in total. The summed E-state index contributed by atoms with van der Waals surface area (Å²) in [7, 11) is 0. The normalized spacial score (nSPS) is 9.44. The van der Waals surface area contributed by atoms with Crippen molar-refractivity contribution >= 4 is 41.1 Å². The Morgan fingerprint density at radius 2 is 2.00 bits per heavy atom. The van der Waals surface area contributed by atoms with Crippen molar-refractivity contribution in [3.8, 4) is 5.75 Å². The molecule has 16 heavy (non-hydrogen) atoms. The van der Waals surface area contributed by atoms with Crippen LogP contribution in [-0.2, 0) is 0 Å². The highest BCUT2D eigenvalue weighted by Gasteiger charge is 2.02. The van der Waals surface area contributed by atoms with E-state index in [1.54, 1.807) is 23.9 Å². The van der Waals surface area contributed by atoms with E-state index in [2.05, 4.69) is 5.32 Å². The van der Waals surface area contributed by atoms with Gasteiger partial charge in [-0.2, -0.15) is 0 Å². The third-order valence-corrected chi connectivity index (χ3v) is 2.53. The first-order valence-electron chi connectivity index (χ1n) is 4.25. The standard InChI is InChI=1S/C10H9Cl2NO2S/c1-16-8-4-2-7(3-5-8)15-10(14)13-6-9(11)12/h2-6H,1H3,(H,13,14). The topological polar surface area (TPSA) is 38.3 Å². The molecule has 0 bridgehead atoms. The van der Waals surface area contributed by atoms with Gasteiger partial charge in [0.2, 0.25) is 0 Å². The molecule has 0 unspecified atom stereocenters. The number of hydrogen-bond acceptors (Lipinski definition) is 3. The second-order valence-electron chi connectivity index (χ2n) is 2.64. The van der Waals surface area contributed by atoms with Gasteiger partial charge in [-0.1, -0.05) is 23.2 Å². The van der Waals surface area contributed by atoms with E-state index < -0.39 is 6.09 Å². The zero-order valence-corrected chi connectivity index (χ0v) is 10.7. The molecule has 1 amide bonds. The summed E-state index contributed by atoms with van der Waals surface area (Å²) in [6.45, 7) is 0. The van der Waals surface area contributed by atoms with E-state index in [4.69, 9.17) is 27.9 Å². The second-order valence-corrected chi connectivity index (χ2v) is 4.53. The van der Waals surface area contributed by atoms with Crippen LogP contribution in [0.2, 0.25) is 0 Å². The van der Waals surface area contributed by atoms with Crippen molar-refractivity contribution in [2.24, 2.45) is 0 Å². The molecule has 1 rings (SSSR count). The highest BCUT2D eigenvalue weighted by atomic mass is 35.5. The van der Waals surface area contributed by atoms with Crippen LogP contribution in [-0.4, -0.2) is 12.3 Å². The molecule has 0 radical (unpaired) electrons. The first-order chi connectivity index (χ1) is 7.61. The number of thioether (sulfide) groups is 1. The van der Waals surface area contributed by atoms with E-state index in [-0.39, 0.29) is 4.49 Å². The number of hydrogen-bond donors (Lipinski definition) is 1. The molecule has 0 aromatic heterocycles. The van der Waals surface area contributed by atoms with Gasteiger partial charge in [-0.15, -0.1) is 11.8 Å². The summed E-state index contributed by atoms with van der Waals surface area (Å²) in [4.78, 5) is 12.3. The Bertz CT molecular complexity index is 388. The fourth-order valence-electron chi connectivity index (χ4n) is 0.894. The molecular weight excluding hydrogens is 269 g/mol. The minimum atomic E-state index is -0.643. The van der Waals surface area contributed by atoms with Gasteiger partial charge < -0.3 is 4.74 Å². The van der Waals surface area contributed by atoms with Crippen LogP contribution in [0, 0.1) is 0 Å². The molecular formula is C10H9Cl2NO2S. The largest absolute Gasteiger partial charge is 0.416 e. The zero-order valence-electron chi connectivity index (χ0n) is 8.37. The van der Waals surface area contributed by atoms with E-state index in [0.29, 0.717) is 5.75 Å². The lowest BCUT2D eigenvalue weighted by molar-refractivity contribution is 0.204. The molecule has 6 heteroatoms. The van der Waals surface area contributed by atoms with Gasteiger partial charge in [0.05, 0.1) is 0 Å². The van der Waals surface area contributed by atoms with Crippen molar-refractivity contribution in [1.29, 1.82) is 0 Å². The average molecular weight is 278 g/mol. The predicted molar refractivity (Wildman–Crippen MR) is 67.2 cm³/mol. The molecule has 86 valence electrons. The Hall–Kier alpha value is -0.840. The van der Waals surface area contributed by atoms with Crippen molar-refractivity contribution in [3.05, 3.63) is 35.0 Å². The van der Waals surface area contributed by atoms with Crippen LogP contribution in [0.3, 0.4) is 0 Å². The lowest BCUT2D eigenvalue weighted by Crippen LogP contribution is -2.21. The molecule has 3 nitrogen and oxygen atoms in total. The third kappa shape index (κ3) is 4.79. The number of halogens is 2. The lowest BCUT2D eigenvalue weighted by Gasteiger charge is -2.03. The molecule has 0 aliphatic carbocycles. The van der Waals surface area contributed by atoms with Crippen LogP contribution in [0.1, 0.15) is 0 Å². The van der Waals surface area contributed by atoms with E-state index in [9.17, 15) is 4.79 Å².